The Morgan fingerprint density at radius 1 is 1.47 bits per heavy atom. The van der Waals surface area contributed by atoms with E-state index in [1.165, 1.54) is 23.9 Å². The Morgan fingerprint density at radius 3 is 2.60 bits per heavy atom. The van der Waals surface area contributed by atoms with Gasteiger partial charge in [-0.3, -0.25) is 15.5 Å². The second kappa shape index (κ2) is 3.90. The highest BCUT2D eigenvalue weighted by Crippen LogP contribution is 2.31. The van der Waals surface area contributed by atoms with Gasteiger partial charge in [0.15, 0.2) is 0 Å². The lowest BCUT2D eigenvalue weighted by atomic mass is 10.1. The molecule has 0 unspecified atom stereocenters. The molecule has 78 valence electrons. The molecule has 1 heterocycles. The average Bonchev–Trinajstić information content (AvgIpc) is 2.65. The Hall–Kier alpha value is -1.56. The number of hydrogen-bond donors (Lipinski definition) is 1. The molecule has 0 spiro atoms. The molecule has 6 heteroatoms. The molecule has 0 aromatic heterocycles. The van der Waals surface area contributed by atoms with Gasteiger partial charge >= 0.3 is 0 Å². The first kappa shape index (κ1) is 9.97. The molecule has 0 saturated carbocycles. The maximum atomic E-state index is 10.4. The second-order valence-electron chi connectivity index (χ2n) is 3.05. The van der Waals surface area contributed by atoms with Crippen LogP contribution in [0.25, 0.3) is 0 Å². The molecule has 0 amide bonds. The Kier molecular flexibility index (Phi) is 2.59. The van der Waals surface area contributed by atoms with Crippen molar-refractivity contribution in [2.75, 3.05) is 5.75 Å². The van der Waals surface area contributed by atoms with Crippen molar-refractivity contribution in [3.63, 3.8) is 0 Å². The smallest absolute Gasteiger partial charge is 0.269 e. The number of thioether (sulfide) groups is 1. The van der Waals surface area contributed by atoms with E-state index in [1.807, 2.05) is 0 Å². The van der Waals surface area contributed by atoms with Crippen molar-refractivity contribution in [3.05, 3.63) is 39.9 Å². The zero-order valence-electron chi connectivity index (χ0n) is 7.67. The summed E-state index contributed by atoms with van der Waals surface area (Å²) in [7, 11) is 0. The van der Waals surface area contributed by atoms with Gasteiger partial charge in [-0.05, 0) is 17.7 Å². The highest BCUT2D eigenvalue weighted by Gasteiger charge is 2.23. The lowest BCUT2D eigenvalue weighted by Crippen LogP contribution is -2.00. The highest BCUT2D eigenvalue weighted by molar-refractivity contribution is 8.13. The summed E-state index contributed by atoms with van der Waals surface area (Å²) in [5.74, 6) is 0.691. The number of hydrogen-bond acceptors (Lipinski definition) is 5. The summed E-state index contributed by atoms with van der Waals surface area (Å²) in [5, 5.41) is 17.9. The van der Waals surface area contributed by atoms with E-state index in [1.54, 1.807) is 12.1 Å². The van der Waals surface area contributed by atoms with E-state index < -0.39 is 4.92 Å². The molecular formula is C9H8N2O3S. The molecule has 0 radical (unpaired) electrons. The van der Waals surface area contributed by atoms with Crippen LogP contribution in [-0.4, -0.2) is 15.9 Å². The highest BCUT2D eigenvalue weighted by atomic mass is 32.2. The van der Waals surface area contributed by atoms with Gasteiger partial charge in [-0.15, -0.1) is 0 Å². The molecule has 15 heavy (non-hydrogen) atoms. The van der Waals surface area contributed by atoms with Crippen LogP contribution in [0.15, 0.2) is 24.3 Å². The molecule has 1 aliphatic rings. The predicted molar refractivity (Wildman–Crippen MR) is 57.1 cm³/mol. The lowest BCUT2D eigenvalue weighted by molar-refractivity contribution is -0.384. The number of rotatable bonds is 2. The van der Waals surface area contributed by atoms with Crippen molar-refractivity contribution in [2.24, 2.45) is 0 Å². The van der Waals surface area contributed by atoms with Crippen LogP contribution >= 0.6 is 11.8 Å². The van der Waals surface area contributed by atoms with E-state index >= 15 is 0 Å². The zero-order valence-corrected chi connectivity index (χ0v) is 8.49. The first-order valence-electron chi connectivity index (χ1n) is 4.29. The van der Waals surface area contributed by atoms with Crippen LogP contribution in [0.1, 0.15) is 11.7 Å². The van der Waals surface area contributed by atoms with Gasteiger partial charge in [-0.1, -0.05) is 11.8 Å². The number of nitro groups is 1. The summed E-state index contributed by atoms with van der Waals surface area (Å²) in [6.45, 7) is 0. The Morgan fingerprint density at radius 2 is 2.13 bits per heavy atom. The van der Waals surface area contributed by atoms with Gasteiger partial charge in [-0.2, -0.15) is 0 Å². The van der Waals surface area contributed by atoms with Crippen LogP contribution in [-0.2, 0) is 4.74 Å². The molecule has 1 atom stereocenters. The molecule has 1 aliphatic heterocycles. The van der Waals surface area contributed by atoms with Gasteiger partial charge in [-0.25, -0.2) is 0 Å². The van der Waals surface area contributed by atoms with E-state index in [-0.39, 0.29) is 17.0 Å². The first-order chi connectivity index (χ1) is 7.16. The molecule has 1 fully saturated rings. The zero-order chi connectivity index (χ0) is 10.8. The minimum Gasteiger partial charge on any atom is -0.464 e. The Labute approximate surface area is 90.1 Å². The molecule has 0 bridgehead atoms. The molecule has 5 nitrogen and oxygen atoms in total. The van der Waals surface area contributed by atoms with Crippen LogP contribution < -0.4 is 0 Å². The monoisotopic (exact) mass is 224 g/mol. The van der Waals surface area contributed by atoms with Gasteiger partial charge in [0, 0.05) is 17.9 Å². The van der Waals surface area contributed by atoms with Crippen molar-refractivity contribution in [3.8, 4) is 0 Å². The maximum Gasteiger partial charge on any atom is 0.269 e. The Balaban J connectivity index is 2.17. The summed E-state index contributed by atoms with van der Waals surface area (Å²) in [5.41, 5.74) is 0.940. The third kappa shape index (κ3) is 2.10. The number of non-ortho nitro benzene ring substituents is 1. The molecule has 0 aliphatic carbocycles. The number of ether oxygens (including phenoxy) is 1. The number of nitro benzene ring substituents is 1. The van der Waals surface area contributed by atoms with Crippen molar-refractivity contribution >= 4 is 22.7 Å². The van der Waals surface area contributed by atoms with E-state index in [0.29, 0.717) is 5.75 Å². The van der Waals surface area contributed by atoms with Gasteiger partial charge in [0.2, 0.25) is 5.23 Å². The molecule has 1 N–H and O–H groups in total. The number of nitrogens with one attached hydrogen (secondary N) is 1. The second-order valence-corrected chi connectivity index (χ2v) is 4.05. The summed E-state index contributed by atoms with van der Waals surface area (Å²) in [6, 6.07) is 6.24. The fourth-order valence-corrected chi connectivity index (χ4v) is 2.07. The largest absolute Gasteiger partial charge is 0.464 e. The van der Waals surface area contributed by atoms with Crippen LogP contribution in [0.3, 0.4) is 0 Å². The van der Waals surface area contributed by atoms with E-state index in [4.69, 9.17) is 10.1 Å². The SMILES string of the molecule is N=C1O[C@@H](c2ccc([N+](=O)[O-])cc2)CS1. The molecule has 1 aromatic rings. The summed E-state index contributed by atoms with van der Waals surface area (Å²) < 4.78 is 5.22. The van der Waals surface area contributed by atoms with E-state index in [9.17, 15) is 10.1 Å². The maximum absolute atomic E-state index is 10.4. The van der Waals surface area contributed by atoms with Crippen molar-refractivity contribution < 1.29 is 9.66 Å². The van der Waals surface area contributed by atoms with Crippen molar-refractivity contribution in [2.45, 2.75) is 6.10 Å². The van der Waals surface area contributed by atoms with E-state index in [0.717, 1.165) is 5.56 Å². The molecule has 2 rings (SSSR count). The summed E-state index contributed by atoms with van der Waals surface area (Å²) >= 11 is 1.34. The van der Waals surface area contributed by atoms with Crippen molar-refractivity contribution in [1.29, 1.82) is 5.41 Å². The minimum atomic E-state index is -0.434. The molecule has 1 aromatic carbocycles. The van der Waals surface area contributed by atoms with Crippen LogP contribution in [0.5, 0.6) is 0 Å². The average molecular weight is 224 g/mol. The topological polar surface area (TPSA) is 76.2 Å². The fourth-order valence-electron chi connectivity index (χ4n) is 1.32. The molecule has 1 saturated heterocycles. The predicted octanol–water partition coefficient (Wildman–Crippen LogP) is 2.33. The quantitative estimate of drug-likeness (QED) is 0.617. The third-order valence-electron chi connectivity index (χ3n) is 2.09. The van der Waals surface area contributed by atoms with Crippen LogP contribution in [0.2, 0.25) is 0 Å². The number of nitrogens with zero attached hydrogens (tertiary/aromatic N) is 1. The van der Waals surface area contributed by atoms with E-state index in [2.05, 4.69) is 0 Å². The summed E-state index contributed by atoms with van der Waals surface area (Å²) in [4.78, 5) is 9.99. The summed E-state index contributed by atoms with van der Waals surface area (Å²) in [6.07, 6.45) is -0.150. The minimum absolute atomic E-state index is 0.0690. The normalized spacial score (nSPS) is 20.0. The van der Waals surface area contributed by atoms with Crippen molar-refractivity contribution in [1.82, 2.24) is 0 Å². The first-order valence-corrected chi connectivity index (χ1v) is 5.28. The van der Waals surface area contributed by atoms with Crippen LogP contribution in [0, 0.1) is 15.5 Å². The third-order valence-corrected chi connectivity index (χ3v) is 2.92. The fraction of sp³-hybridized carbons (Fsp3) is 0.222. The van der Waals surface area contributed by atoms with Gasteiger partial charge in [0.25, 0.3) is 5.69 Å². The number of benzene rings is 1. The lowest BCUT2D eigenvalue weighted by Gasteiger charge is -2.08. The van der Waals surface area contributed by atoms with Gasteiger partial charge in [0.05, 0.1) is 4.92 Å². The van der Waals surface area contributed by atoms with Gasteiger partial charge in [0.1, 0.15) is 6.10 Å². The standard InChI is InChI=1S/C9H8N2O3S/c10-9-14-8(5-15-9)6-1-3-7(4-2-6)11(12)13/h1-4,8,10H,5H2/t8-/m1/s1. The Bertz CT molecular complexity index is 404. The van der Waals surface area contributed by atoms with Crippen LogP contribution in [0.4, 0.5) is 5.69 Å². The molecular weight excluding hydrogens is 216 g/mol. The van der Waals surface area contributed by atoms with Gasteiger partial charge < -0.3 is 4.74 Å².